The highest BCUT2D eigenvalue weighted by atomic mass is 16.2. The summed E-state index contributed by atoms with van der Waals surface area (Å²) in [6, 6.07) is 0. The van der Waals surface area contributed by atoms with Crippen molar-refractivity contribution in [2.45, 2.75) is 27.3 Å². The van der Waals surface area contributed by atoms with Gasteiger partial charge in [-0.05, 0) is 20.8 Å². The molecular weight excluding hydrogens is 216 g/mol. The topological polar surface area (TPSA) is 59.0 Å². The molecule has 0 atom stereocenters. The van der Waals surface area contributed by atoms with E-state index in [1.165, 1.54) is 5.56 Å². The van der Waals surface area contributed by atoms with Gasteiger partial charge in [0.15, 0.2) is 0 Å². The van der Waals surface area contributed by atoms with E-state index in [9.17, 15) is 4.79 Å². The van der Waals surface area contributed by atoms with E-state index in [2.05, 4.69) is 15.7 Å². The minimum absolute atomic E-state index is 0.0490. The summed E-state index contributed by atoms with van der Waals surface area (Å²) in [5.74, 6) is 0.0490. The molecule has 1 rings (SSSR count). The maximum Gasteiger partial charge on any atom is 0.226 e. The van der Waals surface area contributed by atoms with Gasteiger partial charge in [0.2, 0.25) is 5.91 Å². The predicted octanol–water partition coefficient (Wildman–Crippen LogP) is 0.590. The SMILES string of the molecule is CNC(=O)C(C)(C)CNCc1cnn(C)c1C. The lowest BCUT2D eigenvalue weighted by molar-refractivity contribution is -0.128. The molecular formula is C12H22N4O. The van der Waals surface area contributed by atoms with Gasteiger partial charge in [-0.25, -0.2) is 0 Å². The Morgan fingerprint density at radius 2 is 2.18 bits per heavy atom. The van der Waals surface area contributed by atoms with Crippen molar-refractivity contribution in [3.05, 3.63) is 17.5 Å². The third-order valence-electron chi connectivity index (χ3n) is 3.06. The molecule has 1 aromatic rings. The number of nitrogens with one attached hydrogen (secondary N) is 2. The van der Waals surface area contributed by atoms with Gasteiger partial charge in [-0.1, -0.05) is 0 Å². The van der Waals surface area contributed by atoms with Crippen molar-refractivity contribution in [1.29, 1.82) is 0 Å². The Morgan fingerprint density at radius 1 is 1.53 bits per heavy atom. The Labute approximate surface area is 103 Å². The standard InChI is InChI=1S/C12H22N4O/c1-9-10(7-15-16(9)5)6-14-8-12(2,3)11(17)13-4/h7,14H,6,8H2,1-5H3,(H,13,17). The van der Waals surface area contributed by atoms with Crippen molar-refractivity contribution in [3.63, 3.8) is 0 Å². The zero-order chi connectivity index (χ0) is 13.1. The molecule has 0 aliphatic heterocycles. The van der Waals surface area contributed by atoms with E-state index in [0.717, 1.165) is 12.2 Å². The first-order valence-corrected chi connectivity index (χ1v) is 5.79. The van der Waals surface area contributed by atoms with Crippen LogP contribution in [0.1, 0.15) is 25.1 Å². The van der Waals surface area contributed by atoms with Gasteiger partial charge in [-0.15, -0.1) is 0 Å². The van der Waals surface area contributed by atoms with Crippen LogP contribution in [-0.4, -0.2) is 29.3 Å². The number of carbonyl (C=O) groups is 1. The summed E-state index contributed by atoms with van der Waals surface area (Å²) in [7, 11) is 3.59. The van der Waals surface area contributed by atoms with Gasteiger partial charge in [0.05, 0.1) is 11.6 Å². The largest absolute Gasteiger partial charge is 0.359 e. The van der Waals surface area contributed by atoms with Gasteiger partial charge in [-0.2, -0.15) is 5.10 Å². The molecule has 0 aliphatic carbocycles. The Kier molecular flexibility index (Phi) is 4.28. The first-order chi connectivity index (χ1) is 7.88. The highest BCUT2D eigenvalue weighted by molar-refractivity contribution is 5.81. The zero-order valence-electron chi connectivity index (χ0n) is 11.3. The van der Waals surface area contributed by atoms with Crippen molar-refractivity contribution in [2.24, 2.45) is 12.5 Å². The van der Waals surface area contributed by atoms with Gasteiger partial charge in [-0.3, -0.25) is 9.48 Å². The Balaban J connectivity index is 2.48. The summed E-state index contributed by atoms with van der Waals surface area (Å²) in [5.41, 5.74) is 1.92. The Hall–Kier alpha value is -1.36. The number of nitrogens with zero attached hydrogens (tertiary/aromatic N) is 2. The summed E-state index contributed by atoms with van der Waals surface area (Å²) >= 11 is 0. The summed E-state index contributed by atoms with van der Waals surface area (Å²) in [6.45, 7) is 7.26. The molecule has 5 heteroatoms. The van der Waals surface area contributed by atoms with Crippen LogP contribution < -0.4 is 10.6 Å². The van der Waals surface area contributed by atoms with E-state index in [-0.39, 0.29) is 5.91 Å². The van der Waals surface area contributed by atoms with E-state index in [4.69, 9.17) is 0 Å². The molecule has 1 aromatic heterocycles. The second kappa shape index (κ2) is 5.31. The predicted molar refractivity (Wildman–Crippen MR) is 67.5 cm³/mol. The molecule has 0 saturated heterocycles. The first kappa shape index (κ1) is 13.7. The van der Waals surface area contributed by atoms with Crippen LogP contribution in [0.5, 0.6) is 0 Å². The summed E-state index contributed by atoms with van der Waals surface area (Å²) in [4.78, 5) is 11.6. The fraction of sp³-hybridized carbons (Fsp3) is 0.667. The Morgan fingerprint density at radius 3 is 2.65 bits per heavy atom. The van der Waals surface area contributed by atoms with Crippen LogP contribution in [0.15, 0.2) is 6.20 Å². The van der Waals surface area contributed by atoms with Crippen molar-refractivity contribution in [1.82, 2.24) is 20.4 Å². The molecule has 17 heavy (non-hydrogen) atoms. The maximum atomic E-state index is 11.6. The van der Waals surface area contributed by atoms with E-state index in [0.29, 0.717) is 6.54 Å². The summed E-state index contributed by atoms with van der Waals surface area (Å²) < 4.78 is 1.85. The van der Waals surface area contributed by atoms with Gasteiger partial charge < -0.3 is 10.6 Å². The van der Waals surface area contributed by atoms with Crippen LogP contribution in [0.4, 0.5) is 0 Å². The normalized spacial score (nSPS) is 11.6. The lowest BCUT2D eigenvalue weighted by Gasteiger charge is -2.22. The van der Waals surface area contributed by atoms with Crippen LogP contribution in [0.3, 0.4) is 0 Å². The molecule has 0 spiro atoms. The number of aromatic nitrogens is 2. The minimum Gasteiger partial charge on any atom is -0.359 e. The molecule has 0 saturated carbocycles. The number of hydrogen-bond acceptors (Lipinski definition) is 3. The summed E-state index contributed by atoms with van der Waals surface area (Å²) in [5, 5.41) is 10.2. The molecule has 5 nitrogen and oxygen atoms in total. The second-order valence-corrected chi connectivity index (χ2v) is 4.95. The third kappa shape index (κ3) is 3.30. The minimum atomic E-state index is -0.398. The highest BCUT2D eigenvalue weighted by Gasteiger charge is 2.25. The summed E-state index contributed by atoms with van der Waals surface area (Å²) in [6.07, 6.45) is 1.86. The number of amides is 1. The van der Waals surface area contributed by atoms with Crippen molar-refractivity contribution in [3.8, 4) is 0 Å². The second-order valence-electron chi connectivity index (χ2n) is 4.95. The fourth-order valence-electron chi connectivity index (χ4n) is 1.65. The number of aryl methyl sites for hydroxylation is 1. The molecule has 1 amide bonds. The van der Waals surface area contributed by atoms with Crippen LogP contribution in [0.25, 0.3) is 0 Å². The quantitative estimate of drug-likeness (QED) is 0.789. The van der Waals surface area contributed by atoms with Crippen molar-refractivity contribution >= 4 is 5.91 Å². The smallest absolute Gasteiger partial charge is 0.226 e. The molecule has 96 valence electrons. The molecule has 0 aliphatic rings. The van der Waals surface area contributed by atoms with Gasteiger partial charge in [0, 0.05) is 38.4 Å². The van der Waals surface area contributed by atoms with Gasteiger partial charge >= 0.3 is 0 Å². The van der Waals surface area contributed by atoms with E-state index >= 15 is 0 Å². The van der Waals surface area contributed by atoms with Crippen LogP contribution in [0, 0.1) is 12.3 Å². The fourth-order valence-corrected chi connectivity index (χ4v) is 1.65. The van der Waals surface area contributed by atoms with Crippen LogP contribution in [0.2, 0.25) is 0 Å². The molecule has 2 N–H and O–H groups in total. The highest BCUT2D eigenvalue weighted by Crippen LogP contribution is 2.14. The molecule has 0 bridgehead atoms. The van der Waals surface area contributed by atoms with E-state index in [1.54, 1.807) is 7.05 Å². The molecule has 0 aromatic carbocycles. The van der Waals surface area contributed by atoms with E-state index in [1.807, 2.05) is 38.7 Å². The lowest BCUT2D eigenvalue weighted by atomic mass is 9.92. The number of carbonyl (C=O) groups excluding carboxylic acids is 1. The molecule has 0 fully saturated rings. The average Bonchev–Trinajstić information content (AvgIpc) is 2.59. The first-order valence-electron chi connectivity index (χ1n) is 5.79. The van der Waals surface area contributed by atoms with Crippen molar-refractivity contribution in [2.75, 3.05) is 13.6 Å². The lowest BCUT2D eigenvalue weighted by Crippen LogP contribution is -2.41. The Bertz CT molecular complexity index is 395. The molecule has 1 heterocycles. The third-order valence-corrected chi connectivity index (χ3v) is 3.06. The van der Waals surface area contributed by atoms with Gasteiger partial charge in [0.1, 0.15) is 0 Å². The molecule has 0 radical (unpaired) electrons. The van der Waals surface area contributed by atoms with Crippen LogP contribution in [-0.2, 0) is 18.4 Å². The van der Waals surface area contributed by atoms with Crippen molar-refractivity contribution < 1.29 is 4.79 Å². The number of hydrogen-bond donors (Lipinski definition) is 2. The average molecular weight is 238 g/mol. The van der Waals surface area contributed by atoms with Crippen LogP contribution >= 0.6 is 0 Å². The number of rotatable bonds is 5. The molecule has 0 unspecified atom stereocenters. The monoisotopic (exact) mass is 238 g/mol. The maximum absolute atomic E-state index is 11.6. The zero-order valence-corrected chi connectivity index (χ0v) is 11.3. The van der Waals surface area contributed by atoms with E-state index < -0.39 is 5.41 Å². The van der Waals surface area contributed by atoms with Gasteiger partial charge in [0.25, 0.3) is 0 Å².